The van der Waals surface area contributed by atoms with Gasteiger partial charge in [0.25, 0.3) is 5.22 Å². The van der Waals surface area contributed by atoms with Crippen LogP contribution in [0.3, 0.4) is 0 Å². The summed E-state index contributed by atoms with van der Waals surface area (Å²) in [7, 11) is 1.67. The van der Waals surface area contributed by atoms with Gasteiger partial charge in [-0.25, -0.2) is 4.98 Å². The van der Waals surface area contributed by atoms with E-state index in [0.717, 1.165) is 47.1 Å². The molecule has 7 heteroatoms. The second-order valence-electron chi connectivity index (χ2n) is 8.24. The van der Waals surface area contributed by atoms with Crippen LogP contribution >= 0.6 is 11.8 Å². The molecule has 4 aromatic rings. The lowest BCUT2D eigenvalue weighted by Crippen LogP contribution is -2.49. The zero-order chi connectivity index (χ0) is 24.0. The van der Waals surface area contributed by atoms with E-state index in [1.807, 2.05) is 77.7 Å². The number of thioether (sulfide) groups is 1. The van der Waals surface area contributed by atoms with Gasteiger partial charge in [-0.15, -0.1) is 0 Å². The Morgan fingerprint density at radius 3 is 2.14 bits per heavy atom. The van der Waals surface area contributed by atoms with E-state index >= 15 is 0 Å². The normalized spacial score (nSPS) is 13.6. The second-order valence-corrected chi connectivity index (χ2v) is 9.17. The molecule has 1 aliphatic rings. The number of nitrogens with zero attached hydrogens (tertiary/aromatic N) is 3. The minimum absolute atomic E-state index is 0.102. The maximum absolute atomic E-state index is 12.9. The Morgan fingerprint density at radius 2 is 1.51 bits per heavy atom. The Bertz CT molecular complexity index is 1190. The van der Waals surface area contributed by atoms with Crippen LogP contribution in [0.25, 0.3) is 22.6 Å². The lowest BCUT2D eigenvalue weighted by atomic mass is 10.1. The molecule has 1 fully saturated rings. The highest BCUT2D eigenvalue weighted by molar-refractivity contribution is 7.99. The molecule has 1 aliphatic heterocycles. The third kappa shape index (κ3) is 5.35. The molecule has 0 spiro atoms. The van der Waals surface area contributed by atoms with Crippen LogP contribution in [0.4, 0.5) is 5.69 Å². The van der Waals surface area contributed by atoms with Gasteiger partial charge in [0.2, 0.25) is 5.91 Å². The molecular formula is C28H27N3O3S. The summed E-state index contributed by atoms with van der Waals surface area (Å²) < 4.78 is 11.4. The van der Waals surface area contributed by atoms with Crippen molar-refractivity contribution in [3.63, 3.8) is 0 Å². The van der Waals surface area contributed by atoms with Crippen molar-refractivity contribution >= 4 is 23.4 Å². The van der Waals surface area contributed by atoms with Crippen LogP contribution in [0.1, 0.15) is 0 Å². The van der Waals surface area contributed by atoms with Gasteiger partial charge in [-0.2, -0.15) is 0 Å². The van der Waals surface area contributed by atoms with Gasteiger partial charge >= 0.3 is 0 Å². The first-order valence-electron chi connectivity index (χ1n) is 11.6. The average Bonchev–Trinajstić information content (AvgIpc) is 3.37. The summed E-state index contributed by atoms with van der Waals surface area (Å²) in [5.74, 6) is 1.97. The number of amides is 1. The predicted octanol–water partition coefficient (Wildman–Crippen LogP) is 5.46. The van der Waals surface area contributed by atoms with Gasteiger partial charge in [-0.3, -0.25) is 4.79 Å². The lowest BCUT2D eigenvalue weighted by Gasteiger charge is -2.36. The van der Waals surface area contributed by atoms with Gasteiger partial charge in [-0.1, -0.05) is 72.4 Å². The molecule has 0 radical (unpaired) electrons. The maximum Gasteiger partial charge on any atom is 0.257 e. The number of benzene rings is 3. The number of hydrogen-bond donors (Lipinski definition) is 0. The number of oxazole rings is 1. The van der Waals surface area contributed by atoms with Crippen LogP contribution in [0, 0.1) is 0 Å². The Balaban J connectivity index is 1.23. The van der Waals surface area contributed by atoms with Gasteiger partial charge in [0, 0.05) is 43.0 Å². The van der Waals surface area contributed by atoms with E-state index < -0.39 is 0 Å². The van der Waals surface area contributed by atoms with Crippen LogP contribution in [0.2, 0.25) is 0 Å². The first-order valence-corrected chi connectivity index (χ1v) is 12.6. The molecule has 6 nitrogen and oxygen atoms in total. The van der Waals surface area contributed by atoms with Crippen molar-refractivity contribution < 1.29 is 13.9 Å². The van der Waals surface area contributed by atoms with E-state index in [9.17, 15) is 4.79 Å². The topological polar surface area (TPSA) is 58.8 Å². The fraction of sp³-hybridized carbons (Fsp3) is 0.214. The molecule has 0 saturated carbocycles. The maximum atomic E-state index is 12.9. The first kappa shape index (κ1) is 23.1. The summed E-state index contributed by atoms with van der Waals surface area (Å²) in [4.78, 5) is 21.9. The minimum atomic E-state index is 0.102. The summed E-state index contributed by atoms with van der Waals surface area (Å²) in [5.41, 5.74) is 3.89. The number of anilines is 1. The van der Waals surface area contributed by atoms with Crippen molar-refractivity contribution in [1.29, 1.82) is 0 Å². The number of carbonyl (C=O) groups excluding carboxylic acids is 1. The molecule has 0 N–H and O–H groups in total. The standard InChI is InChI=1S/C28H27N3O3S/c1-33-24-14-12-23(13-15-24)30-16-18-31(19-17-30)25(32)20-35-28-29-26(21-8-4-2-5-9-21)27(34-28)22-10-6-3-7-11-22/h2-15H,16-20H2,1H3. The van der Waals surface area contributed by atoms with Crippen LogP contribution in [0.15, 0.2) is 94.6 Å². The van der Waals surface area contributed by atoms with E-state index in [1.54, 1.807) is 7.11 Å². The second kappa shape index (κ2) is 10.7. The van der Waals surface area contributed by atoms with Gasteiger partial charge in [0.1, 0.15) is 11.4 Å². The Labute approximate surface area is 209 Å². The molecule has 3 aromatic carbocycles. The molecule has 1 aromatic heterocycles. The monoisotopic (exact) mass is 485 g/mol. The minimum Gasteiger partial charge on any atom is -0.497 e. The Morgan fingerprint density at radius 1 is 0.886 bits per heavy atom. The van der Waals surface area contributed by atoms with E-state index in [4.69, 9.17) is 14.1 Å². The molecule has 35 heavy (non-hydrogen) atoms. The van der Waals surface area contributed by atoms with Crippen molar-refractivity contribution in [1.82, 2.24) is 9.88 Å². The first-order chi connectivity index (χ1) is 17.2. The molecule has 0 aliphatic carbocycles. The van der Waals surface area contributed by atoms with Crippen molar-refractivity contribution in [2.45, 2.75) is 5.22 Å². The fourth-order valence-electron chi connectivity index (χ4n) is 4.16. The molecule has 0 bridgehead atoms. The van der Waals surface area contributed by atoms with Crippen molar-refractivity contribution in [3.8, 4) is 28.3 Å². The van der Waals surface area contributed by atoms with Crippen LogP contribution in [-0.2, 0) is 4.79 Å². The summed E-state index contributed by atoms with van der Waals surface area (Å²) in [6, 6.07) is 28.0. The van der Waals surface area contributed by atoms with Crippen LogP contribution < -0.4 is 9.64 Å². The van der Waals surface area contributed by atoms with E-state index in [0.29, 0.717) is 24.1 Å². The van der Waals surface area contributed by atoms with E-state index in [-0.39, 0.29) is 5.91 Å². The average molecular weight is 486 g/mol. The largest absolute Gasteiger partial charge is 0.497 e. The quantitative estimate of drug-likeness (QED) is 0.324. The van der Waals surface area contributed by atoms with Gasteiger partial charge in [0.05, 0.1) is 12.9 Å². The Kier molecular flexibility index (Phi) is 7.04. The van der Waals surface area contributed by atoms with E-state index in [2.05, 4.69) is 17.0 Å². The lowest BCUT2D eigenvalue weighted by molar-refractivity contribution is -0.128. The number of methoxy groups -OCH3 is 1. The van der Waals surface area contributed by atoms with Crippen LogP contribution in [-0.4, -0.2) is 54.8 Å². The summed E-state index contributed by atoms with van der Waals surface area (Å²) in [6.07, 6.45) is 0. The molecule has 2 heterocycles. The zero-order valence-electron chi connectivity index (χ0n) is 19.6. The summed E-state index contributed by atoms with van der Waals surface area (Å²) in [5, 5.41) is 0.507. The Hall–Kier alpha value is -3.71. The van der Waals surface area contributed by atoms with Gasteiger partial charge in [-0.05, 0) is 24.3 Å². The van der Waals surface area contributed by atoms with Gasteiger partial charge < -0.3 is 19.0 Å². The van der Waals surface area contributed by atoms with Crippen molar-refractivity contribution in [2.75, 3.05) is 43.9 Å². The number of piperazine rings is 1. The third-order valence-corrected chi connectivity index (χ3v) is 6.89. The smallest absolute Gasteiger partial charge is 0.257 e. The van der Waals surface area contributed by atoms with Crippen molar-refractivity contribution in [3.05, 3.63) is 84.9 Å². The number of ether oxygens (including phenoxy) is 1. The van der Waals surface area contributed by atoms with E-state index in [1.165, 1.54) is 11.8 Å². The highest BCUT2D eigenvalue weighted by Gasteiger charge is 2.23. The molecular weight excluding hydrogens is 458 g/mol. The third-order valence-electron chi connectivity index (χ3n) is 6.08. The number of rotatable bonds is 7. The number of hydrogen-bond acceptors (Lipinski definition) is 6. The zero-order valence-corrected chi connectivity index (χ0v) is 20.4. The molecule has 5 rings (SSSR count). The van der Waals surface area contributed by atoms with Crippen LogP contribution in [0.5, 0.6) is 5.75 Å². The highest BCUT2D eigenvalue weighted by Crippen LogP contribution is 2.35. The van der Waals surface area contributed by atoms with Crippen molar-refractivity contribution in [2.24, 2.45) is 0 Å². The number of carbonyl (C=O) groups is 1. The number of aromatic nitrogens is 1. The summed E-state index contributed by atoms with van der Waals surface area (Å²) in [6.45, 7) is 3.00. The molecule has 1 saturated heterocycles. The molecule has 1 amide bonds. The highest BCUT2D eigenvalue weighted by atomic mass is 32.2. The fourth-order valence-corrected chi connectivity index (χ4v) is 4.89. The summed E-state index contributed by atoms with van der Waals surface area (Å²) >= 11 is 1.35. The predicted molar refractivity (Wildman–Crippen MR) is 140 cm³/mol. The van der Waals surface area contributed by atoms with Gasteiger partial charge in [0.15, 0.2) is 5.76 Å². The SMILES string of the molecule is COc1ccc(N2CCN(C(=O)CSc3nc(-c4ccccc4)c(-c4ccccc4)o3)CC2)cc1. The molecule has 0 atom stereocenters. The molecule has 0 unspecified atom stereocenters. The molecule has 178 valence electrons.